The fourth-order valence-corrected chi connectivity index (χ4v) is 2.93. The average molecular weight is 684 g/mol. The van der Waals surface area contributed by atoms with Gasteiger partial charge in [0, 0.05) is 26.3 Å². The van der Waals surface area contributed by atoms with Crippen molar-refractivity contribution < 1.29 is 71.0 Å². The van der Waals surface area contributed by atoms with E-state index in [1.807, 2.05) is 30.5 Å². The van der Waals surface area contributed by atoms with Crippen molar-refractivity contribution in [2.24, 2.45) is 0 Å². The Morgan fingerprint density at radius 3 is 2.30 bits per heavy atom. The number of pyridine rings is 1. The van der Waals surface area contributed by atoms with Gasteiger partial charge in [-0.3, -0.25) is 0 Å². The van der Waals surface area contributed by atoms with Crippen LogP contribution in [0.25, 0.3) is 11.3 Å². The second-order valence-corrected chi connectivity index (χ2v) is 5.58. The molecular formula is C17H20Br3IrN2-3. The SMILES string of the molecule is C[N+]1(c2cc[c-]c(-c3ccccn3)c2)CCCCC1.[Br-].[Br-].[Br-].[Ir]. The van der Waals surface area contributed by atoms with Gasteiger partial charge >= 0.3 is 0 Å². The number of aromatic nitrogens is 1. The van der Waals surface area contributed by atoms with Crippen molar-refractivity contribution >= 4 is 5.69 Å². The van der Waals surface area contributed by atoms with Crippen LogP contribution >= 0.6 is 0 Å². The van der Waals surface area contributed by atoms with Gasteiger partial charge in [-0.1, -0.05) is 24.3 Å². The van der Waals surface area contributed by atoms with Gasteiger partial charge in [-0.15, -0.1) is 17.7 Å². The number of quaternary nitrogens is 1. The Labute approximate surface area is 184 Å². The first-order valence-electron chi connectivity index (χ1n) is 7.06. The summed E-state index contributed by atoms with van der Waals surface area (Å²) in [6.07, 6.45) is 5.87. The molecule has 3 rings (SSSR count). The number of benzene rings is 1. The molecule has 1 radical (unpaired) electrons. The maximum Gasteiger partial charge on any atom is 0.0818 e. The molecule has 1 fully saturated rings. The van der Waals surface area contributed by atoms with E-state index in [9.17, 15) is 0 Å². The molecule has 1 aliphatic rings. The molecule has 0 unspecified atom stereocenters. The number of hydrogen-bond acceptors (Lipinski definition) is 1. The third-order valence-corrected chi connectivity index (χ3v) is 4.15. The summed E-state index contributed by atoms with van der Waals surface area (Å²) in [5.74, 6) is 0. The number of piperidine rings is 1. The minimum atomic E-state index is 0. The maximum atomic E-state index is 4.42. The monoisotopic (exact) mass is 682 g/mol. The minimum absolute atomic E-state index is 0. The Kier molecular flexibility index (Phi) is 13.3. The Morgan fingerprint density at radius 1 is 1.00 bits per heavy atom. The van der Waals surface area contributed by atoms with Crippen molar-refractivity contribution in [3.63, 3.8) is 0 Å². The van der Waals surface area contributed by atoms with Crippen LogP contribution in [0.4, 0.5) is 5.69 Å². The Bertz CT molecular complexity index is 561. The third kappa shape index (κ3) is 6.33. The number of nitrogens with zero attached hydrogens (tertiary/aromatic N) is 2. The van der Waals surface area contributed by atoms with Gasteiger partial charge in [0.05, 0.1) is 25.8 Å². The van der Waals surface area contributed by atoms with Crippen molar-refractivity contribution in [1.29, 1.82) is 0 Å². The summed E-state index contributed by atoms with van der Waals surface area (Å²) in [6, 6.07) is 15.8. The molecule has 0 N–H and O–H groups in total. The summed E-state index contributed by atoms with van der Waals surface area (Å²) in [7, 11) is 2.34. The van der Waals surface area contributed by atoms with Gasteiger partial charge in [0.2, 0.25) is 0 Å². The van der Waals surface area contributed by atoms with Crippen LogP contribution in [0.15, 0.2) is 42.6 Å². The molecular weight excluding hydrogens is 664 g/mol. The molecule has 1 aromatic carbocycles. The van der Waals surface area contributed by atoms with E-state index < -0.39 is 0 Å². The van der Waals surface area contributed by atoms with Crippen LogP contribution in [0.5, 0.6) is 0 Å². The van der Waals surface area contributed by atoms with E-state index >= 15 is 0 Å². The van der Waals surface area contributed by atoms with Crippen molar-refractivity contribution in [1.82, 2.24) is 9.47 Å². The van der Waals surface area contributed by atoms with E-state index in [0.717, 1.165) is 15.7 Å². The third-order valence-electron chi connectivity index (χ3n) is 4.15. The van der Waals surface area contributed by atoms with Gasteiger partial charge in [0.1, 0.15) is 0 Å². The van der Waals surface area contributed by atoms with E-state index in [0.29, 0.717) is 0 Å². The normalized spacial score (nSPS) is 15.0. The van der Waals surface area contributed by atoms with Crippen LogP contribution in [-0.2, 0) is 20.1 Å². The number of likely N-dealkylation sites (tertiary alicyclic amines) is 1. The molecule has 0 aliphatic carbocycles. The van der Waals surface area contributed by atoms with E-state index in [2.05, 4.69) is 30.2 Å². The smallest absolute Gasteiger partial charge is 0.0818 e. The van der Waals surface area contributed by atoms with E-state index in [1.165, 1.54) is 38.0 Å². The predicted octanol–water partition coefficient (Wildman–Crippen LogP) is -5.32. The number of hydrogen-bond donors (Lipinski definition) is 0. The largest absolute Gasteiger partial charge is 1.00 e. The van der Waals surface area contributed by atoms with Crippen molar-refractivity contribution in [2.75, 3.05) is 20.1 Å². The molecule has 1 aromatic heterocycles. The summed E-state index contributed by atoms with van der Waals surface area (Å²) in [5.41, 5.74) is 3.50. The minimum Gasteiger partial charge on any atom is -1.00 e. The molecule has 23 heavy (non-hydrogen) atoms. The second kappa shape index (κ2) is 11.9. The Hall–Kier alpha value is 0.419. The Morgan fingerprint density at radius 2 is 1.70 bits per heavy atom. The van der Waals surface area contributed by atoms with Crippen LogP contribution in [0.3, 0.4) is 0 Å². The zero-order valence-electron chi connectivity index (χ0n) is 12.9. The van der Waals surface area contributed by atoms with Gasteiger partial charge in [-0.05, 0) is 31.0 Å². The van der Waals surface area contributed by atoms with Gasteiger partial charge in [-0.2, -0.15) is 0 Å². The molecule has 2 heterocycles. The van der Waals surface area contributed by atoms with Gasteiger partial charge in [-0.25, -0.2) is 0 Å². The molecule has 0 amide bonds. The molecule has 0 atom stereocenters. The predicted molar refractivity (Wildman–Crippen MR) is 79.8 cm³/mol. The first-order valence-corrected chi connectivity index (χ1v) is 7.06. The number of rotatable bonds is 2. The number of halogens is 3. The van der Waals surface area contributed by atoms with Gasteiger partial charge < -0.3 is 60.4 Å². The van der Waals surface area contributed by atoms with E-state index in [4.69, 9.17) is 0 Å². The van der Waals surface area contributed by atoms with E-state index in [-0.39, 0.29) is 71.0 Å². The fourth-order valence-electron chi connectivity index (χ4n) is 2.93. The summed E-state index contributed by atoms with van der Waals surface area (Å²) < 4.78 is 1.05. The molecule has 131 valence electrons. The van der Waals surface area contributed by atoms with E-state index in [1.54, 1.807) is 0 Å². The molecule has 0 bridgehead atoms. The summed E-state index contributed by atoms with van der Waals surface area (Å²) in [6.45, 7) is 2.48. The van der Waals surface area contributed by atoms with Crippen molar-refractivity contribution in [3.8, 4) is 11.3 Å². The van der Waals surface area contributed by atoms with Gasteiger partial charge in [0.25, 0.3) is 0 Å². The molecule has 1 saturated heterocycles. The Balaban J connectivity index is 0. The summed E-state index contributed by atoms with van der Waals surface area (Å²) in [5, 5.41) is 0. The molecule has 1 aliphatic heterocycles. The molecule has 2 aromatic rings. The fraction of sp³-hybridized carbons (Fsp3) is 0.353. The van der Waals surface area contributed by atoms with Crippen LogP contribution in [0.1, 0.15) is 19.3 Å². The standard InChI is InChI=1S/C17H20N2.3BrH.Ir/c1-19(12-5-2-6-13-19)16-9-7-8-15(14-16)17-10-3-4-11-18-17;;;;/h3-4,7,9-11,14H,2,5-6,12-13H2,1H3;3*1H;/p-3. The second-order valence-electron chi connectivity index (χ2n) is 5.58. The first-order chi connectivity index (χ1) is 9.28. The first kappa shape index (κ1) is 25.7. The van der Waals surface area contributed by atoms with Crippen LogP contribution in [0.2, 0.25) is 0 Å². The maximum absolute atomic E-state index is 4.42. The quantitative estimate of drug-likeness (QED) is 0.228. The average Bonchev–Trinajstić information content (AvgIpc) is 2.49. The van der Waals surface area contributed by atoms with Crippen LogP contribution < -0.4 is 55.4 Å². The molecule has 0 spiro atoms. The topological polar surface area (TPSA) is 12.9 Å². The van der Waals surface area contributed by atoms with Crippen molar-refractivity contribution in [2.45, 2.75) is 19.3 Å². The van der Waals surface area contributed by atoms with Crippen molar-refractivity contribution in [3.05, 3.63) is 48.7 Å². The zero-order chi connectivity index (χ0) is 13.1. The van der Waals surface area contributed by atoms with Crippen LogP contribution in [0, 0.1) is 6.07 Å². The van der Waals surface area contributed by atoms with Crippen LogP contribution in [-0.4, -0.2) is 25.1 Å². The summed E-state index contributed by atoms with van der Waals surface area (Å²) in [4.78, 5) is 4.42. The zero-order valence-corrected chi connectivity index (χ0v) is 20.1. The van der Waals surface area contributed by atoms with Gasteiger partial charge in [0.15, 0.2) is 0 Å². The molecule has 6 heteroatoms. The molecule has 0 saturated carbocycles. The molecule has 2 nitrogen and oxygen atoms in total. The summed E-state index contributed by atoms with van der Waals surface area (Å²) >= 11 is 0.